The first-order valence-electron chi connectivity index (χ1n) is 6.77. The maximum absolute atomic E-state index is 13.1. The third-order valence-corrected chi connectivity index (χ3v) is 4.75. The lowest BCUT2D eigenvalue weighted by Crippen LogP contribution is -2.57. The number of ether oxygens (including phenoxy) is 1. The van der Waals surface area contributed by atoms with E-state index in [1.165, 1.54) is 18.6 Å². The summed E-state index contributed by atoms with van der Waals surface area (Å²) in [6.45, 7) is 0. The third-order valence-electron chi connectivity index (χ3n) is 4.46. The lowest BCUT2D eigenvalue weighted by atomic mass is 9.57. The van der Waals surface area contributed by atoms with Gasteiger partial charge in [0.2, 0.25) is 0 Å². The molecule has 4 heteroatoms. The minimum Gasteiger partial charge on any atom is -0.489 e. The molecule has 0 saturated heterocycles. The highest BCUT2D eigenvalue weighted by Gasteiger charge is 2.56. The molecule has 1 unspecified atom stereocenters. The van der Waals surface area contributed by atoms with Crippen LogP contribution in [0, 0.1) is 11.2 Å². The van der Waals surface area contributed by atoms with Crippen LogP contribution < -0.4 is 4.74 Å². The zero-order valence-electron chi connectivity index (χ0n) is 10.6. The van der Waals surface area contributed by atoms with Crippen molar-refractivity contribution >= 4 is 17.4 Å². The minimum atomic E-state index is -0.453. The molecule has 2 saturated carbocycles. The highest BCUT2D eigenvalue weighted by Crippen LogP contribution is 2.50. The number of Topliss-reactive ketones (excluding diaryl/α,β-unsaturated/α-hetero) is 1. The average molecular weight is 283 g/mol. The van der Waals surface area contributed by atoms with Crippen LogP contribution in [0.4, 0.5) is 4.39 Å². The molecule has 0 amide bonds. The summed E-state index contributed by atoms with van der Waals surface area (Å²) in [4.78, 5) is 12.0. The summed E-state index contributed by atoms with van der Waals surface area (Å²) < 4.78 is 19.0. The largest absolute Gasteiger partial charge is 0.489 e. The molecule has 1 aromatic rings. The lowest BCUT2D eigenvalue weighted by Gasteiger charge is -2.49. The fraction of sp³-hybridized carbons (Fsp3) is 0.533. The number of rotatable bonds is 2. The zero-order chi connectivity index (χ0) is 13.5. The Kier molecular flexibility index (Phi) is 3.25. The summed E-state index contributed by atoms with van der Waals surface area (Å²) in [7, 11) is 0. The van der Waals surface area contributed by atoms with Gasteiger partial charge in [0.1, 0.15) is 23.5 Å². The van der Waals surface area contributed by atoms with Crippen molar-refractivity contribution in [1.82, 2.24) is 0 Å². The van der Waals surface area contributed by atoms with E-state index in [-0.39, 0.29) is 16.5 Å². The van der Waals surface area contributed by atoms with Crippen molar-refractivity contribution in [2.45, 2.75) is 44.6 Å². The van der Waals surface area contributed by atoms with Crippen molar-refractivity contribution in [2.24, 2.45) is 5.41 Å². The molecule has 0 bridgehead atoms. The molecule has 3 rings (SSSR count). The Morgan fingerprint density at radius 1 is 1.26 bits per heavy atom. The van der Waals surface area contributed by atoms with E-state index in [1.54, 1.807) is 6.07 Å². The van der Waals surface area contributed by atoms with Gasteiger partial charge in [-0.1, -0.05) is 30.9 Å². The summed E-state index contributed by atoms with van der Waals surface area (Å²) in [5.41, 5.74) is -0.279. The van der Waals surface area contributed by atoms with Crippen LogP contribution in [0.5, 0.6) is 5.75 Å². The minimum absolute atomic E-state index is 0.0563. The Morgan fingerprint density at radius 3 is 2.63 bits per heavy atom. The van der Waals surface area contributed by atoms with Crippen LogP contribution in [0.25, 0.3) is 0 Å². The van der Waals surface area contributed by atoms with Gasteiger partial charge in [-0.25, -0.2) is 4.39 Å². The van der Waals surface area contributed by atoms with Gasteiger partial charge in [-0.3, -0.25) is 4.79 Å². The second-order valence-corrected chi connectivity index (χ2v) is 5.93. The normalized spacial score (nSPS) is 25.2. The molecule has 0 aliphatic heterocycles. The van der Waals surface area contributed by atoms with Crippen molar-refractivity contribution in [3.8, 4) is 5.75 Å². The fourth-order valence-corrected chi connectivity index (χ4v) is 3.44. The van der Waals surface area contributed by atoms with Crippen LogP contribution in [-0.2, 0) is 4.79 Å². The Labute approximate surface area is 116 Å². The molecule has 2 aliphatic rings. The predicted octanol–water partition coefficient (Wildman–Crippen LogP) is 4.15. The van der Waals surface area contributed by atoms with Crippen LogP contribution >= 0.6 is 11.6 Å². The lowest BCUT2D eigenvalue weighted by molar-refractivity contribution is -0.156. The van der Waals surface area contributed by atoms with E-state index < -0.39 is 5.82 Å². The number of hydrogen-bond donors (Lipinski definition) is 0. The van der Waals surface area contributed by atoms with Crippen molar-refractivity contribution < 1.29 is 13.9 Å². The number of carbonyl (C=O) groups is 1. The molecule has 0 aromatic heterocycles. The number of halogens is 2. The Hall–Kier alpha value is -1.09. The number of ketones is 1. The Bertz CT molecular complexity index is 509. The van der Waals surface area contributed by atoms with E-state index in [4.69, 9.17) is 16.3 Å². The maximum atomic E-state index is 13.1. The van der Waals surface area contributed by atoms with Gasteiger partial charge >= 0.3 is 0 Å². The Balaban J connectivity index is 1.76. The van der Waals surface area contributed by atoms with E-state index in [1.807, 2.05) is 0 Å². The summed E-state index contributed by atoms with van der Waals surface area (Å²) in [6.07, 6.45) is 5.63. The van der Waals surface area contributed by atoms with Gasteiger partial charge in [0.05, 0.1) is 10.4 Å². The van der Waals surface area contributed by atoms with Gasteiger partial charge in [-0.2, -0.15) is 0 Å². The monoisotopic (exact) mass is 282 g/mol. The van der Waals surface area contributed by atoms with Crippen LogP contribution in [0.1, 0.15) is 38.5 Å². The van der Waals surface area contributed by atoms with Gasteiger partial charge in [0.25, 0.3) is 0 Å². The average Bonchev–Trinajstić information content (AvgIpc) is 2.43. The molecular weight excluding hydrogens is 267 g/mol. The van der Waals surface area contributed by atoms with E-state index in [0.717, 1.165) is 25.7 Å². The summed E-state index contributed by atoms with van der Waals surface area (Å²) in [6, 6.07) is 4.35. The Morgan fingerprint density at radius 2 is 2.00 bits per heavy atom. The summed E-state index contributed by atoms with van der Waals surface area (Å²) in [5, 5.41) is 0.0563. The maximum Gasteiger partial charge on any atom is 0.146 e. The van der Waals surface area contributed by atoms with E-state index in [9.17, 15) is 9.18 Å². The number of hydrogen-bond acceptors (Lipinski definition) is 2. The van der Waals surface area contributed by atoms with Crippen molar-refractivity contribution in [3.63, 3.8) is 0 Å². The van der Waals surface area contributed by atoms with Crippen LogP contribution in [0.3, 0.4) is 0 Å². The van der Waals surface area contributed by atoms with Crippen LogP contribution in [0.15, 0.2) is 18.2 Å². The molecule has 1 atom stereocenters. The summed E-state index contributed by atoms with van der Waals surface area (Å²) in [5.74, 6) is 0.422. The third kappa shape index (κ3) is 2.14. The molecule has 2 fully saturated rings. The van der Waals surface area contributed by atoms with Gasteiger partial charge in [-0.15, -0.1) is 0 Å². The highest BCUT2D eigenvalue weighted by atomic mass is 35.5. The summed E-state index contributed by atoms with van der Waals surface area (Å²) >= 11 is 5.74. The van der Waals surface area contributed by atoms with Crippen LogP contribution in [-0.4, -0.2) is 11.9 Å². The second-order valence-electron chi connectivity index (χ2n) is 5.53. The molecule has 102 valence electrons. The molecule has 0 radical (unpaired) electrons. The zero-order valence-corrected chi connectivity index (χ0v) is 11.4. The van der Waals surface area contributed by atoms with Gasteiger partial charge in [0.15, 0.2) is 0 Å². The molecule has 0 heterocycles. The molecular formula is C15H16ClFO2. The molecule has 2 aliphatic carbocycles. The smallest absolute Gasteiger partial charge is 0.146 e. The topological polar surface area (TPSA) is 26.3 Å². The first kappa shape index (κ1) is 12.9. The molecule has 1 spiro atoms. The first-order valence-corrected chi connectivity index (χ1v) is 7.15. The second kappa shape index (κ2) is 4.78. The van der Waals surface area contributed by atoms with Crippen molar-refractivity contribution in [2.75, 3.05) is 0 Å². The van der Waals surface area contributed by atoms with Gasteiger partial charge < -0.3 is 4.74 Å². The molecule has 19 heavy (non-hydrogen) atoms. The van der Waals surface area contributed by atoms with Gasteiger partial charge in [-0.05, 0) is 25.0 Å². The quantitative estimate of drug-likeness (QED) is 0.814. The van der Waals surface area contributed by atoms with E-state index in [2.05, 4.69) is 0 Å². The molecule has 2 nitrogen and oxygen atoms in total. The predicted molar refractivity (Wildman–Crippen MR) is 71.0 cm³/mol. The standard InChI is InChI=1S/C15H16ClFO2/c16-11-8-10(4-5-12(11)17)19-14-9-13(18)15(14)6-2-1-3-7-15/h4-5,8,14H,1-3,6-7,9H2. The van der Waals surface area contributed by atoms with Gasteiger partial charge in [0, 0.05) is 12.5 Å². The first-order chi connectivity index (χ1) is 9.12. The number of carbonyl (C=O) groups excluding carboxylic acids is 1. The SMILES string of the molecule is O=C1CC(Oc2ccc(F)c(Cl)c2)C12CCCCC2. The van der Waals surface area contributed by atoms with Crippen LogP contribution in [0.2, 0.25) is 5.02 Å². The molecule has 1 aromatic carbocycles. The highest BCUT2D eigenvalue weighted by molar-refractivity contribution is 6.30. The fourth-order valence-electron chi connectivity index (χ4n) is 3.27. The number of benzene rings is 1. The van der Waals surface area contributed by atoms with E-state index in [0.29, 0.717) is 18.0 Å². The van der Waals surface area contributed by atoms with Crippen molar-refractivity contribution in [1.29, 1.82) is 0 Å². The molecule has 0 N–H and O–H groups in total. The van der Waals surface area contributed by atoms with Crippen molar-refractivity contribution in [3.05, 3.63) is 29.0 Å². The van der Waals surface area contributed by atoms with E-state index >= 15 is 0 Å².